The second-order valence-corrected chi connectivity index (χ2v) is 6.69. The van der Waals surface area contributed by atoms with Gasteiger partial charge in [0, 0.05) is 38.3 Å². The third kappa shape index (κ3) is 6.32. The van der Waals surface area contributed by atoms with Crippen LogP contribution in [-0.4, -0.2) is 70.2 Å². The number of carboxylic acid groups (broad SMARTS) is 2. The first-order chi connectivity index (χ1) is 10.3. The van der Waals surface area contributed by atoms with Crippen molar-refractivity contribution in [3.8, 4) is 0 Å². The van der Waals surface area contributed by atoms with Gasteiger partial charge in [0.25, 0.3) is 0 Å². The van der Waals surface area contributed by atoms with Crippen LogP contribution in [0.1, 0.15) is 46.5 Å². The molecule has 1 saturated carbocycles. The zero-order valence-corrected chi connectivity index (χ0v) is 14.0. The number of nitrogens with zero attached hydrogens (tertiary/aromatic N) is 2. The number of hydrogen-bond donors (Lipinski definition) is 2. The van der Waals surface area contributed by atoms with Crippen molar-refractivity contribution >= 4 is 11.9 Å². The number of carboxylic acids is 2. The minimum absolute atomic E-state index is 0.730. The summed E-state index contributed by atoms with van der Waals surface area (Å²) in [7, 11) is 0. The molecule has 1 saturated heterocycles. The SMILES string of the molecule is CC1CCC(N2CCN(C(C)C)CC2)CC1.O=C(O)C(=O)O. The van der Waals surface area contributed by atoms with Crippen LogP contribution in [0.4, 0.5) is 0 Å². The monoisotopic (exact) mass is 314 g/mol. The highest BCUT2D eigenvalue weighted by atomic mass is 16.4. The zero-order chi connectivity index (χ0) is 16.7. The number of piperazine rings is 1. The molecule has 1 heterocycles. The van der Waals surface area contributed by atoms with Crippen LogP contribution in [0.15, 0.2) is 0 Å². The van der Waals surface area contributed by atoms with Crippen LogP contribution in [-0.2, 0) is 9.59 Å². The van der Waals surface area contributed by atoms with E-state index in [2.05, 4.69) is 30.6 Å². The van der Waals surface area contributed by atoms with Crippen molar-refractivity contribution < 1.29 is 19.8 Å². The van der Waals surface area contributed by atoms with Crippen LogP contribution in [0, 0.1) is 5.92 Å². The van der Waals surface area contributed by atoms with Gasteiger partial charge < -0.3 is 10.2 Å². The van der Waals surface area contributed by atoms with Gasteiger partial charge in [-0.15, -0.1) is 0 Å². The Balaban J connectivity index is 0.000000346. The Kier molecular flexibility index (Phi) is 7.82. The van der Waals surface area contributed by atoms with Gasteiger partial charge in [-0.05, 0) is 45.4 Å². The van der Waals surface area contributed by atoms with Crippen LogP contribution in [0.3, 0.4) is 0 Å². The van der Waals surface area contributed by atoms with Crippen molar-refractivity contribution in [2.75, 3.05) is 26.2 Å². The minimum Gasteiger partial charge on any atom is -0.473 e. The lowest BCUT2D eigenvalue weighted by molar-refractivity contribution is -0.159. The molecular formula is C16H30N2O4. The summed E-state index contributed by atoms with van der Waals surface area (Å²) in [6, 6.07) is 1.64. The van der Waals surface area contributed by atoms with Gasteiger partial charge in [-0.3, -0.25) is 9.80 Å². The molecular weight excluding hydrogens is 284 g/mol. The number of hydrogen-bond acceptors (Lipinski definition) is 4. The van der Waals surface area contributed by atoms with E-state index in [4.69, 9.17) is 19.8 Å². The van der Waals surface area contributed by atoms with E-state index in [1.807, 2.05) is 0 Å². The maximum absolute atomic E-state index is 9.10. The summed E-state index contributed by atoms with van der Waals surface area (Å²) < 4.78 is 0. The number of rotatable bonds is 2. The van der Waals surface area contributed by atoms with E-state index in [9.17, 15) is 0 Å². The summed E-state index contributed by atoms with van der Waals surface area (Å²) in [5.41, 5.74) is 0. The molecule has 0 spiro atoms. The Morgan fingerprint density at radius 2 is 1.36 bits per heavy atom. The highest BCUT2D eigenvalue weighted by molar-refractivity contribution is 6.27. The fourth-order valence-corrected chi connectivity index (χ4v) is 3.23. The van der Waals surface area contributed by atoms with Crippen molar-refractivity contribution in [2.45, 2.75) is 58.5 Å². The van der Waals surface area contributed by atoms with Gasteiger partial charge in [-0.25, -0.2) is 9.59 Å². The lowest BCUT2D eigenvalue weighted by Crippen LogP contribution is -2.52. The molecule has 0 aromatic heterocycles. The predicted octanol–water partition coefficient (Wildman–Crippen LogP) is 1.75. The summed E-state index contributed by atoms with van der Waals surface area (Å²) in [6.45, 7) is 12.2. The Bertz CT molecular complexity index is 345. The van der Waals surface area contributed by atoms with Crippen LogP contribution < -0.4 is 0 Å². The minimum atomic E-state index is -1.82. The molecule has 0 unspecified atom stereocenters. The van der Waals surface area contributed by atoms with Crippen molar-refractivity contribution in [2.24, 2.45) is 5.92 Å². The maximum atomic E-state index is 9.10. The highest BCUT2D eigenvalue weighted by Crippen LogP contribution is 2.27. The Hall–Kier alpha value is -1.14. The molecule has 0 atom stereocenters. The molecule has 2 rings (SSSR count). The highest BCUT2D eigenvalue weighted by Gasteiger charge is 2.27. The summed E-state index contributed by atoms with van der Waals surface area (Å²) >= 11 is 0. The predicted molar refractivity (Wildman–Crippen MR) is 85.0 cm³/mol. The van der Waals surface area contributed by atoms with Crippen LogP contribution in [0.2, 0.25) is 0 Å². The van der Waals surface area contributed by atoms with E-state index in [1.54, 1.807) is 0 Å². The summed E-state index contributed by atoms with van der Waals surface area (Å²) in [5, 5.41) is 14.8. The van der Waals surface area contributed by atoms with Crippen LogP contribution >= 0.6 is 0 Å². The molecule has 2 aliphatic rings. The molecule has 1 aliphatic carbocycles. The molecule has 6 heteroatoms. The van der Waals surface area contributed by atoms with E-state index in [1.165, 1.54) is 51.9 Å². The third-order valence-corrected chi connectivity index (χ3v) is 4.76. The molecule has 0 amide bonds. The second kappa shape index (κ2) is 9.10. The maximum Gasteiger partial charge on any atom is 0.414 e. The van der Waals surface area contributed by atoms with Crippen molar-refractivity contribution in [1.82, 2.24) is 9.80 Å². The largest absolute Gasteiger partial charge is 0.473 e. The molecule has 22 heavy (non-hydrogen) atoms. The molecule has 0 aromatic carbocycles. The quantitative estimate of drug-likeness (QED) is 0.756. The topological polar surface area (TPSA) is 81.1 Å². The third-order valence-electron chi connectivity index (χ3n) is 4.76. The summed E-state index contributed by atoms with van der Waals surface area (Å²) in [6.07, 6.45) is 5.80. The second-order valence-electron chi connectivity index (χ2n) is 6.69. The van der Waals surface area contributed by atoms with Crippen molar-refractivity contribution in [3.05, 3.63) is 0 Å². The van der Waals surface area contributed by atoms with Gasteiger partial charge in [0.15, 0.2) is 0 Å². The molecule has 2 N–H and O–H groups in total. The van der Waals surface area contributed by atoms with Crippen LogP contribution in [0.25, 0.3) is 0 Å². The molecule has 0 radical (unpaired) electrons. The van der Waals surface area contributed by atoms with E-state index >= 15 is 0 Å². The van der Waals surface area contributed by atoms with Gasteiger partial charge in [-0.2, -0.15) is 0 Å². The molecule has 0 aromatic rings. The molecule has 2 fully saturated rings. The smallest absolute Gasteiger partial charge is 0.414 e. The van der Waals surface area contributed by atoms with E-state index in [0.717, 1.165) is 18.0 Å². The summed E-state index contributed by atoms with van der Waals surface area (Å²) in [5.74, 6) is -2.67. The Labute approximate surface area is 133 Å². The van der Waals surface area contributed by atoms with Gasteiger partial charge >= 0.3 is 11.9 Å². The molecule has 128 valence electrons. The van der Waals surface area contributed by atoms with E-state index in [-0.39, 0.29) is 0 Å². The van der Waals surface area contributed by atoms with E-state index in [0.29, 0.717) is 0 Å². The lowest BCUT2D eigenvalue weighted by atomic mass is 9.86. The first kappa shape index (κ1) is 18.9. The lowest BCUT2D eigenvalue weighted by Gasteiger charge is -2.42. The van der Waals surface area contributed by atoms with Gasteiger partial charge in [-0.1, -0.05) is 6.92 Å². The molecule has 6 nitrogen and oxygen atoms in total. The molecule has 0 bridgehead atoms. The average molecular weight is 314 g/mol. The summed E-state index contributed by atoms with van der Waals surface area (Å²) in [4.78, 5) is 23.6. The Morgan fingerprint density at radius 3 is 1.73 bits per heavy atom. The standard InChI is InChI=1S/C14H28N2.C2H2O4/c1-12(2)15-8-10-16(11-9-15)14-6-4-13(3)5-7-14;3-1(4)2(5)6/h12-14H,4-11H2,1-3H3;(H,3,4)(H,5,6). The first-order valence-electron chi connectivity index (χ1n) is 8.25. The zero-order valence-electron chi connectivity index (χ0n) is 14.0. The van der Waals surface area contributed by atoms with Crippen molar-refractivity contribution in [1.29, 1.82) is 0 Å². The van der Waals surface area contributed by atoms with Gasteiger partial charge in [0.05, 0.1) is 0 Å². The first-order valence-corrected chi connectivity index (χ1v) is 8.25. The normalized spacial score (nSPS) is 27.1. The number of aliphatic carboxylic acids is 2. The van der Waals surface area contributed by atoms with Gasteiger partial charge in [0.1, 0.15) is 0 Å². The van der Waals surface area contributed by atoms with Gasteiger partial charge in [0.2, 0.25) is 0 Å². The number of carbonyl (C=O) groups is 2. The fraction of sp³-hybridized carbons (Fsp3) is 0.875. The Morgan fingerprint density at radius 1 is 0.909 bits per heavy atom. The van der Waals surface area contributed by atoms with Crippen LogP contribution in [0.5, 0.6) is 0 Å². The average Bonchev–Trinajstić information content (AvgIpc) is 2.48. The molecule has 1 aliphatic heterocycles. The fourth-order valence-electron chi connectivity index (χ4n) is 3.23. The van der Waals surface area contributed by atoms with Crippen molar-refractivity contribution in [3.63, 3.8) is 0 Å². The van der Waals surface area contributed by atoms with E-state index < -0.39 is 11.9 Å².